The van der Waals surface area contributed by atoms with E-state index in [0.29, 0.717) is 13.0 Å². The molecule has 1 heterocycles. The van der Waals surface area contributed by atoms with Crippen molar-refractivity contribution < 1.29 is 4.79 Å². The van der Waals surface area contributed by atoms with E-state index in [1.165, 1.54) is 0 Å². The zero-order chi connectivity index (χ0) is 9.68. The minimum atomic E-state index is 0.198. The Labute approximate surface area is 78.4 Å². The molecule has 0 aliphatic carbocycles. The summed E-state index contributed by atoms with van der Waals surface area (Å²) in [5.74, 6) is 0.198. The molecule has 3 heteroatoms. The highest BCUT2D eigenvalue weighted by Gasteiger charge is 2.04. The number of pyridine rings is 1. The molecule has 0 radical (unpaired) electrons. The van der Waals surface area contributed by atoms with Crippen molar-refractivity contribution in [2.75, 3.05) is 20.6 Å². The van der Waals surface area contributed by atoms with Gasteiger partial charge in [0.05, 0.1) is 13.0 Å². The molecule has 0 bridgehead atoms. The fourth-order valence-corrected chi connectivity index (χ4v) is 1.11. The molecule has 0 saturated heterocycles. The van der Waals surface area contributed by atoms with Crippen LogP contribution in [0, 0.1) is 0 Å². The van der Waals surface area contributed by atoms with Crippen LogP contribution in [0.2, 0.25) is 0 Å². The van der Waals surface area contributed by atoms with Gasteiger partial charge in [-0.3, -0.25) is 9.78 Å². The van der Waals surface area contributed by atoms with Crippen LogP contribution in [-0.4, -0.2) is 36.3 Å². The molecule has 1 aromatic rings. The Hall–Kier alpha value is -1.22. The van der Waals surface area contributed by atoms with Crippen molar-refractivity contribution in [3.63, 3.8) is 0 Å². The summed E-state index contributed by atoms with van der Waals surface area (Å²) < 4.78 is 0. The summed E-state index contributed by atoms with van der Waals surface area (Å²) in [4.78, 5) is 17.3. The van der Waals surface area contributed by atoms with Gasteiger partial charge in [0.2, 0.25) is 0 Å². The molecule has 1 aromatic heterocycles. The number of hydrogen-bond donors (Lipinski definition) is 0. The Morgan fingerprint density at radius 3 is 2.77 bits per heavy atom. The topological polar surface area (TPSA) is 33.2 Å². The van der Waals surface area contributed by atoms with E-state index in [0.717, 1.165) is 5.69 Å². The maximum atomic E-state index is 11.3. The number of hydrogen-bond acceptors (Lipinski definition) is 3. The average molecular weight is 178 g/mol. The van der Waals surface area contributed by atoms with Gasteiger partial charge in [-0.2, -0.15) is 0 Å². The van der Waals surface area contributed by atoms with E-state index in [1.54, 1.807) is 6.20 Å². The number of carbonyl (C=O) groups is 1. The van der Waals surface area contributed by atoms with Crippen LogP contribution in [0.3, 0.4) is 0 Å². The molecule has 0 aliphatic rings. The highest BCUT2D eigenvalue weighted by atomic mass is 16.1. The fraction of sp³-hybridized carbons (Fsp3) is 0.400. The number of Topliss-reactive ketones (excluding diaryl/α,β-unsaturated/α-hetero) is 1. The molecule has 0 aromatic carbocycles. The smallest absolute Gasteiger partial charge is 0.152 e. The second-order valence-electron chi connectivity index (χ2n) is 3.27. The summed E-state index contributed by atoms with van der Waals surface area (Å²) in [6, 6.07) is 5.61. The van der Waals surface area contributed by atoms with Gasteiger partial charge < -0.3 is 4.90 Å². The van der Waals surface area contributed by atoms with Crippen LogP contribution in [0.5, 0.6) is 0 Å². The standard InChI is InChI=1S/C10H14N2O/c1-12(2)8-10(13)7-9-5-3-4-6-11-9/h3-6H,7-8H2,1-2H3. The molecule has 0 fully saturated rings. The molecule has 0 aliphatic heterocycles. The molecule has 1 rings (SSSR count). The Balaban J connectivity index is 2.46. The highest BCUT2D eigenvalue weighted by molar-refractivity contribution is 5.82. The third-order valence-corrected chi connectivity index (χ3v) is 1.60. The molecule has 70 valence electrons. The zero-order valence-electron chi connectivity index (χ0n) is 8.03. The highest BCUT2D eigenvalue weighted by Crippen LogP contribution is 1.95. The monoisotopic (exact) mass is 178 g/mol. The van der Waals surface area contributed by atoms with Gasteiger partial charge >= 0.3 is 0 Å². The van der Waals surface area contributed by atoms with Crippen molar-refractivity contribution >= 4 is 5.78 Å². The van der Waals surface area contributed by atoms with E-state index < -0.39 is 0 Å². The number of likely N-dealkylation sites (N-methyl/N-ethyl adjacent to an activating group) is 1. The van der Waals surface area contributed by atoms with E-state index in [9.17, 15) is 4.79 Å². The molecule has 3 nitrogen and oxygen atoms in total. The second-order valence-corrected chi connectivity index (χ2v) is 3.27. The summed E-state index contributed by atoms with van der Waals surface area (Å²) in [5, 5.41) is 0. The van der Waals surface area contributed by atoms with Crippen molar-refractivity contribution in [2.24, 2.45) is 0 Å². The van der Waals surface area contributed by atoms with Gasteiger partial charge in [0.15, 0.2) is 5.78 Å². The van der Waals surface area contributed by atoms with Crippen LogP contribution >= 0.6 is 0 Å². The summed E-state index contributed by atoms with van der Waals surface area (Å²) in [6.45, 7) is 0.483. The lowest BCUT2D eigenvalue weighted by atomic mass is 10.2. The quantitative estimate of drug-likeness (QED) is 0.682. The first-order valence-corrected chi connectivity index (χ1v) is 4.25. The van der Waals surface area contributed by atoms with Gasteiger partial charge in [0, 0.05) is 11.9 Å². The van der Waals surface area contributed by atoms with Crippen molar-refractivity contribution in [3.05, 3.63) is 30.1 Å². The summed E-state index contributed by atoms with van der Waals surface area (Å²) >= 11 is 0. The van der Waals surface area contributed by atoms with Crippen LogP contribution in [0.25, 0.3) is 0 Å². The molecule has 0 amide bonds. The van der Waals surface area contributed by atoms with Crippen molar-refractivity contribution in [1.29, 1.82) is 0 Å². The van der Waals surface area contributed by atoms with Gasteiger partial charge in [0.1, 0.15) is 0 Å². The Bertz CT molecular complexity index is 270. The molecule has 0 unspecified atom stereocenters. The van der Waals surface area contributed by atoms with E-state index in [4.69, 9.17) is 0 Å². The second kappa shape index (κ2) is 4.72. The Morgan fingerprint density at radius 2 is 2.23 bits per heavy atom. The molecular weight excluding hydrogens is 164 g/mol. The predicted octanol–water partition coefficient (Wildman–Crippen LogP) is 0.755. The van der Waals surface area contributed by atoms with Crippen LogP contribution in [0.15, 0.2) is 24.4 Å². The minimum absolute atomic E-state index is 0.198. The Kier molecular flexibility index (Phi) is 3.58. The summed E-state index contributed by atoms with van der Waals surface area (Å²) in [7, 11) is 3.77. The van der Waals surface area contributed by atoms with E-state index in [1.807, 2.05) is 37.2 Å². The van der Waals surface area contributed by atoms with Gasteiger partial charge in [-0.05, 0) is 26.2 Å². The van der Waals surface area contributed by atoms with E-state index in [-0.39, 0.29) is 5.78 Å². The third kappa shape index (κ3) is 3.80. The first-order chi connectivity index (χ1) is 6.18. The molecule has 0 atom stereocenters. The fourth-order valence-electron chi connectivity index (χ4n) is 1.11. The van der Waals surface area contributed by atoms with Crippen molar-refractivity contribution in [1.82, 2.24) is 9.88 Å². The Morgan fingerprint density at radius 1 is 1.46 bits per heavy atom. The maximum absolute atomic E-state index is 11.3. The van der Waals surface area contributed by atoms with Gasteiger partial charge in [0.25, 0.3) is 0 Å². The molecule has 0 saturated carbocycles. The summed E-state index contributed by atoms with van der Waals surface area (Å²) in [6.07, 6.45) is 2.14. The predicted molar refractivity (Wildman–Crippen MR) is 51.5 cm³/mol. The normalized spacial score (nSPS) is 10.4. The van der Waals surface area contributed by atoms with Crippen LogP contribution in [-0.2, 0) is 11.2 Å². The van der Waals surface area contributed by atoms with Crippen LogP contribution in [0.1, 0.15) is 5.69 Å². The SMILES string of the molecule is CN(C)CC(=O)Cc1ccccn1. The lowest BCUT2D eigenvalue weighted by Gasteiger charge is -2.07. The molecule has 0 spiro atoms. The minimum Gasteiger partial charge on any atom is -0.302 e. The largest absolute Gasteiger partial charge is 0.302 e. The number of aromatic nitrogens is 1. The molecule has 13 heavy (non-hydrogen) atoms. The van der Waals surface area contributed by atoms with Gasteiger partial charge in [-0.25, -0.2) is 0 Å². The molecular formula is C10H14N2O. The number of rotatable bonds is 4. The third-order valence-electron chi connectivity index (χ3n) is 1.60. The van der Waals surface area contributed by atoms with E-state index in [2.05, 4.69) is 4.98 Å². The number of ketones is 1. The average Bonchev–Trinajstić information content (AvgIpc) is 2.04. The first-order valence-electron chi connectivity index (χ1n) is 4.25. The zero-order valence-corrected chi connectivity index (χ0v) is 8.03. The van der Waals surface area contributed by atoms with E-state index >= 15 is 0 Å². The van der Waals surface area contributed by atoms with Gasteiger partial charge in [-0.1, -0.05) is 6.07 Å². The summed E-state index contributed by atoms with van der Waals surface area (Å²) in [5.41, 5.74) is 0.842. The van der Waals surface area contributed by atoms with Gasteiger partial charge in [-0.15, -0.1) is 0 Å². The maximum Gasteiger partial charge on any atom is 0.152 e. The van der Waals surface area contributed by atoms with Crippen molar-refractivity contribution in [3.8, 4) is 0 Å². The molecule has 0 N–H and O–H groups in total. The van der Waals surface area contributed by atoms with Crippen LogP contribution < -0.4 is 0 Å². The number of nitrogens with zero attached hydrogens (tertiary/aromatic N) is 2. The van der Waals surface area contributed by atoms with Crippen molar-refractivity contribution in [2.45, 2.75) is 6.42 Å². The van der Waals surface area contributed by atoms with Crippen LogP contribution in [0.4, 0.5) is 0 Å². The lowest BCUT2D eigenvalue weighted by Crippen LogP contribution is -2.23. The first kappa shape index (κ1) is 9.86. The lowest BCUT2D eigenvalue weighted by molar-refractivity contribution is -0.119. The number of carbonyl (C=O) groups excluding carboxylic acids is 1.